The molecule has 1 amide bonds. The Labute approximate surface area is 161 Å². The van der Waals surface area contributed by atoms with E-state index in [1.54, 1.807) is 29.2 Å². The minimum atomic E-state index is -0.939. The Morgan fingerprint density at radius 2 is 1.93 bits per heavy atom. The van der Waals surface area contributed by atoms with Gasteiger partial charge >= 0.3 is 5.97 Å². The van der Waals surface area contributed by atoms with E-state index < -0.39 is 12.0 Å². The van der Waals surface area contributed by atoms with Crippen molar-refractivity contribution in [3.8, 4) is 11.4 Å². The molecule has 1 aliphatic carbocycles. The van der Waals surface area contributed by atoms with Crippen molar-refractivity contribution in [2.75, 3.05) is 0 Å². The summed E-state index contributed by atoms with van der Waals surface area (Å²) in [5.74, 6) is -0.536. The largest absolute Gasteiger partial charge is 0.480 e. The third-order valence-electron chi connectivity index (χ3n) is 5.49. The van der Waals surface area contributed by atoms with Crippen molar-refractivity contribution in [3.05, 3.63) is 29.3 Å². The molecule has 2 aromatic rings. The van der Waals surface area contributed by atoms with Crippen molar-refractivity contribution in [2.24, 2.45) is 5.92 Å². The summed E-state index contributed by atoms with van der Waals surface area (Å²) in [7, 11) is 0. The SMILES string of the molecule is O=C(O)C1CC2CCCCC2N1C(=O)Cn1nnc(-c2ccc(Cl)cc2)n1. The highest BCUT2D eigenvalue weighted by molar-refractivity contribution is 6.30. The van der Waals surface area contributed by atoms with Crippen LogP contribution in [0.15, 0.2) is 24.3 Å². The second-order valence-corrected chi connectivity index (χ2v) is 7.59. The zero-order valence-electron chi connectivity index (χ0n) is 14.7. The summed E-state index contributed by atoms with van der Waals surface area (Å²) >= 11 is 5.88. The standard InChI is InChI=1S/C18H20ClN5O3/c19-13-7-5-11(6-8-13)17-20-22-23(21-17)10-16(25)24-14-4-2-1-3-12(14)9-15(24)18(26)27/h5-8,12,14-15H,1-4,9-10H2,(H,26,27). The van der Waals surface area contributed by atoms with Crippen molar-refractivity contribution in [3.63, 3.8) is 0 Å². The number of fused-ring (bicyclic) bond motifs is 1. The number of aliphatic carboxylic acids is 1. The molecule has 1 N–H and O–H groups in total. The first-order valence-electron chi connectivity index (χ1n) is 9.10. The molecule has 1 saturated carbocycles. The number of hydrogen-bond acceptors (Lipinski definition) is 5. The van der Waals surface area contributed by atoms with Gasteiger partial charge < -0.3 is 10.0 Å². The molecule has 0 spiro atoms. The molecule has 8 nitrogen and oxygen atoms in total. The van der Waals surface area contributed by atoms with Crippen LogP contribution in [0.3, 0.4) is 0 Å². The number of carbonyl (C=O) groups is 2. The summed E-state index contributed by atoms with van der Waals surface area (Å²) in [6.45, 7) is -0.117. The van der Waals surface area contributed by atoms with Crippen molar-refractivity contribution < 1.29 is 14.7 Å². The van der Waals surface area contributed by atoms with E-state index in [0.717, 1.165) is 31.2 Å². The van der Waals surface area contributed by atoms with Crippen molar-refractivity contribution >= 4 is 23.5 Å². The molecule has 4 rings (SSSR count). The Hall–Kier alpha value is -2.48. The van der Waals surface area contributed by atoms with Gasteiger partial charge in [-0.25, -0.2) is 4.79 Å². The maximum Gasteiger partial charge on any atom is 0.326 e. The van der Waals surface area contributed by atoms with Crippen LogP contribution < -0.4 is 0 Å². The summed E-state index contributed by atoms with van der Waals surface area (Å²) in [5, 5.41) is 22.4. The first-order valence-corrected chi connectivity index (χ1v) is 9.48. The highest BCUT2D eigenvalue weighted by Gasteiger charge is 2.47. The van der Waals surface area contributed by atoms with Crippen LogP contribution in [0.5, 0.6) is 0 Å². The van der Waals surface area contributed by atoms with Gasteiger partial charge in [0, 0.05) is 16.6 Å². The van der Waals surface area contributed by atoms with E-state index in [1.807, 2.05) is 0 Å². The number of halogens is 1. The van der Waals surface area contributed by atoms with E-state index in [9.17, 15) is 14.7 Å². The minimum absolute atomic E-state index is 0.00612. The van der Waals surface area contributed by atoms with Crippen molar-refractivity contribution in [1.29, 1.82) is 0 Å². The summed E-state index contributed by atoms with van der Waals surface area (Å²) in [5.41, 5.74) is 0.745. The van der Waals surface area contributed by atoms with Crippen LogP contribution in [-0.4, -0.2) is 54.2 Å². The smallest absolute Gasteiger partial charge is 0.326 e. The number of hydrogen-bond donors (Lipinski definition) is 1. The second-order valence-electron chi connectivity index (χ2n) is 7.15. The van der Waals surface area contributed by atoms with Crippen LogP contribution in [0.25, 0.3) is 11.4 Å². The zero-order chi connectivity index (χ0) is 19.0. The maximum atomic E-state index is 12.9. The normalized spacial score (nSPS) is 24.6. The van der Waals surface area contributed by atoms with Gasteiger partial charge in [-0.2, -0.15) is 4.80 Å². The van der Waals surface area contributed by atoms with Gasteiger partial charge in [-0.05, 0) is 54.7 Å². The monoisotopic (exact) mass is 389 g/mol. The van der Waals surface area contributed by atoms with Crippen LogP contribution >= 0.6 is 11.6 Å². The Balaban J connectivity index is 1.51. The molecule has 9 heteroatoms. The number of amides is 1. The molecule has 1 aromatic heterocycles. The molecular weight excluding hydrogens is 370 g/mol. The summed E-state index contributed by atoms with van der Waals surface area (Å²) < 4.78 is 0. The first-order chi connectivity index (χ1) is 13.0. The molecule has 2 fully saturated rings. The predicted molar refractivity (Wildman–Crippen MR) is 96.9 cm³/mol. The molecule has 142 valence electrons. The lowest BCUT2D eigenvalue weighted by molar-refractivity contribution is -0.150. The van der Waals surface area contributed by atoms with Crippen LogP contribution in [0, 0.1) is 5.92 Å². The lowest BCUT2D eigenvalue weighted by Gasteiger charge is -2.32. The summed E-state index contributed by atoms with van der Waals surface area (Å²) in [4.78, 5) is 27.3. The van der Waals surface area contributed by atoms with E-state index >= 15 is 0 Å². The van der Waals surface area contributed by atoms with E-state index in [4.69, 9.17) is 11.6 Å². The lowest BCUT2D eigenvalue weighted by atomic mass is 9.85. The summed E-state index contributed by atoms with van der Waals surface area (Å²) in [6.07, 6.45) is 4.51. The van der Waals surface area contributed by atoms with E-state index in [-0.39, 0.29) is 24.4 Å². The van der Waals surface area contributed by atoms with E-state index in [0.29, 0.717) is 17.3 Å². The Kier molecular flexibility index (Phi) is 4.82. The fourth-order valence-electron chi connectivity index (χ4n) is 4.27. The number of likely N-dealkylation sites (tertiary alicyclic amines) is 1. The number of aromatic nitrogens is 4. The zero-order valence-corrected chi connectivity index (χ0v) is 15.4. The second kappa shape index (κ2) is 7.26. The van der Waals surface area contributed by atoms with Crippen LogP contribution in [0.2, 0.25) is 5.02 Å². The highest BCUT2D eigenvalue weighted by atomic mass is 35.5. The molecule has 1 aromatic carbocycles. The van der Waals surface area contributed by atoms with Crippen LogP contribution in [0.1, 0.15) is 32.1 Å². The van der Waals surface area contributed by atoms with Gasteiger partial charge in [0.15, 0.2) is 0 Å². The van der Waals surface area contributed by atoms with Gasteiger partial charge in [0.25, 0.3) is 0 Å². The Morgan fingerprint density at radius 1 is 1.19 bits per heavy atom. The number of nitrogens with zero attached hydrogens (tertiary/aromatic N) is 5. The van der Waals surface area contributed by atoms with Crippen LogP contribution in [-0.2, 0) is 16.1 Å². The number of rotatable bonds is 4. The van der Waals surface area contributed by atoms with Crippen molar-refractivity contribution in [1.82, 2.24) is 25.1 Å². The Morgan fingerprint density at radius 3 is 2.67 bits per heavy atom. The van der Waals surface area contributed by atoms with Gasteiger partial charge in [-0.3, -0.25) is 4.79 Å². The maximum absolute atomic E-state index is 12.9. The minimum Gasteiger partial charge on any atom is -0.480 e. The number of carboxylic acids is 1. The van der Waals surface area contributed by atoms with E-state index in [2.05, 4.69) is 15.4 Å². The molecule has 0 bridgehead atoms. The Bertz CT molecular complexity index is 853. The topological polar surface area (TPSA) is 101 Å². The van der Waals surface area contributed by atoms with Gasteiger partial charge in [-0.15, -0.1) is 10.2 Å². The molecule has 2 heterocycles. The number of tetrazole rings is 1. The fourth-order valence-corrected chi connectivity index (χ4v) is 4.39. The third-order valence-corrected chi connectivity index (χ3v) is 5.75. The molecule has 3 unspecified atom stereocenters. The van der Waals surface area contributed by atoms with Crippen molar-refractivity contribution in [2.45, 2.75) is 50.7 Å². The molecule has 1 aliphatic heterocycles. The quantitative estimate of drug-likeness (QED) is 0.860. The van der Waals surface area contributed by atoms with Gasteiger partial charge in [0.05, 0.1) is 0 Å². The summed E-state index contributed by atoms with van der Waals surface area (Å²) in [6, 6.07) is 6.26. The molecule has 27 heavy (non-hydrogen) atoms. The number of carboxylic acid groups (broad SMARTS) is 1. The third kappa shape index (κ3) is 3.53. The number of benzene rings is 1. The molecule has 2 aliphatic rings. The van der Waals surface area contributed by atoms with Crippen LogP contribution in [0.4, 0.5) is 0 Å². The van der Waals surface area contributed by atoms with Gasteiger partial charge in [0.1, 0.15) is 12.6 Å². The molecular formula is C18H20ClN5O3. The van der Waals surface area contributed by atoms with Gasteiger partial charge in [0.2, 0.25) is 11.7 Å². The molecule has 3 atom stereocenters. The average Bonchev–Trinajstić information content (AvgIpc) is 3.27. The van der Waals surface area contributed by atoms with E-state index in [1.165, 1.54) is 4.80 Å². The average molecular weight is 390 g/mol. The fraction of sp³-hybridized carbons (Fsp3) is 0.500. The predicted octanol–water partition coefficient (Wildman–Crippen LogP) is 2.24. The number of carbonyl (C=O) groups excluding carboxylic acids is 1. The first kappa shape index (κ1) is 17.9. The molecule has 0 radical (unpaired) electrons. The lowest BCUT2D eigenvalue weighted by Crippen LogP contribution is -2.47. The molecule has 1 saturated heterocycles. The van der Waals surface area contributed by atoms with Gasteiger partial charge in [-0.1, -0.05) is 24.4 Å². The highest BCUT2D eigenvalue weighted by Crippen LogP contribution is 2.39.